The number of alkyl halides is 4. The van der Waals surface area contributed by atoms with Crippen LogP contribution in [0, 0.1) is 0 Å². The normalized spacial score (nSPS) is 17.6. The second kappa shape index (κ2) is 8.58. The van der Waals surface area contributed by atoms with Gasteiger partial charge in [-0.25, -0.2) is 22.5 Å². The van der Waals surface area contributed by atoms with Crippen LogP contribution in [0.1, 0.15) is 55.1 Å². The zero-order chi connectivity index (χ0) is 22.3. The number of H-pyrrole nitrogens is 1. The van der Waals surface area contributed by atoms with Crippen LogP contribution in [0.4, 0.5) is 23.5 Å². The molecule has 3 aromatic rings. The Hall–Kier alpha value is -2.46. The fourth-order valence-electron chi connectivity index (χ4n) is 3.95. The number of aromatic amines is 1. The van der Waals surface area contributed by atoms with E-state index in [9.17, 15) is 17.6 Å². The molecule has 4 rings (SSSR count). The number of hydrogen-bond donors (Lipinski definition) is 1. The Morgan fingerprint density at radius 1 is 1.16 bits per heavy atom. The van der Waals surface area contributed by atoms with Crippen molar-refractivity contribution in [3.05, 3.63) is 46.1 Å². The molecule has 31 heavy (non-hydrogen) atoms. The molecule has 0 amide bonds. The maximum Gasteiger partial charge on any atom is 0.297 e. The second-order valence-corrected chi connectivity index (χ2v) is 7.84. The summed E-state index contributed by atoms with van der Waals surface area (Å²) in [7, 11) is 1.57. The first-order chi connectivity index (χ1) is 14.8. The molecule has 0 bridgehead atoms. The summed E-state index contributed by atoms with van der Waals surface area (Å²) in [5.74, 6) is -2.13. The van der Waals surface area contributed by atoms with Gasteiger partial charge in [0.1, 0.15) is 0 Å². The van der Waals surface area contributed by atoms with Crippen molar-refractivity contribution in [1.82, 2.24) is 19.9 Å². The molecule has 1 aliphatic rings. The third kappa shape index (κ3) is 4.18. The van der Waals surface area contributed by atoms with E-state index in [1.54, 1.807) is 18.1 Å². The summed E-state index contributed by atoms with van der Waals surface area (Å²) < 4.78 is 58.5. The van der Waals surface area contributed by atoms with Crippen LogP contribution in [0.3, 0.4) is 0 Å². The summed E-state index contributed by atoms with van der Waals surface area (Å²) in [4.78, 5) is 15.9. The number of methoxy groups -OCH3 is 1. The Kier molecular flexibility index (Phi) is 6.02. The third-order valence-corrected chi connectivity index (χ3v) is 5.71. The molecule has 1 aliphatic heterocycles. The highest BCUT2D eigenvalue weighted by Gasteiger charge is 2.34. The monoisotopic (exact) mass is 457 g/mol. The van der Waals surface area contributed by atoms with Gasteiger partial charge in [0, 0.05) is 35.3 Å². The van der Waals surface area contributed by atoms with Gasteiger partial charge in [-0.3, -0.25) is 0 Å². The molecule has 0 spiro atoms. The molecule has 1 aromatic carbocycles. The van der Waals surface area contributed by atoms with E-state index in [1.165, 1.54) is 0 Å². The van der Waals surface area contributed by atoms with Crippen LogP contribution in [0.2, 0.25) is 5.02 Å². The van der Waals surface area contributed by atoms with Gasteiger partial charge in [0.2, 0.25) is 17.6 Å². The number of nitrogens with one attached hydrogen (secondary N) is 1. The molecule has 166 valence electrons. The summed E-state index contributed by atoms with van der Waals surface area (Å²) in [5, 5.41) is 1.56. The topological polar surface area (TPSA) is 66.9 Å². The van der Waals surface area contributed by atoms with Crippen molar-refractivity contribution in [3.63, 3.8) is 0 Å². The van der Waals surface area contributed by atoms with Gasteiger partial charge < -0.3 is 14.6 Å². The number of benzene rings is 1. The lowest BCUT2D eigenvalue weighted by atomic mass is 9.94. The SMILES string of the molecule is CO[C@@H](C)C[C@@H]1c2[nH]c3ccc(Cl)cc3c2CCN1c1nc(C(F)F)nc(C(F)F)n1. The number of rotatable bonds is 6. The minimum absolute atomic E-state index is 0.195. The molecule has 0 saturated carbocycles. The number of nitrogens with zero attached hydrogens (tertiary/aromatic N) is 4. The molecule has 1 N–H and O–H groups in total. The molecule has 3 heterocycles. The Labute approximate surface area is 180 Å². The number of fused-ring (bicyclic) bond motifs is 3. The van der Waals surface area contributed by atoms with Crippen LogP contribution in [-0.4, -0.2) is 39.7 Å². The molecule has 0 saturated heterocycles. The summed E-state index contributed by atoms with van der Waals surface area (Å²) in [5.41, 5.74) is 2.76. The van der Waals surface area contributed by atoms with E-state index in [0.29, 0.717) is 24.4 Å². The van der Waals surface area contributed by atoms with Crippen molar-refractivity contribution in [2.24, 2.45) is 0 Å². The van der Waals surface area contributed by atoms with Gasteiger partial charge in [-0.1, -0.05) is 11.6 Å². The first-order valence-corrected chi connectivity index (χ1v) is 10.1. The van der Waals surface area contributed by atoms with E-state index in [2.05, 4.69) is 19.9 Å². The molecular weight excluding hydrogens is 438 g/mol. The molecule has 0 aliphatic carbocycles. The van der Waals surface area contributed by atoms with E-state index in [1.807, 2.05) is 19.1 Å². The van der Waals surface area contributed by atoms with Gasteiger partial charge in [-0.05, 0) is 43.5 Å². The standard InChI is InChI=1S/C20H20ClF4N5O/c1-9(31-2)7-14-15-11(12-8-10(21)3-4-13(12)26-15)5-6-30(14)20-28-18(16(22)23)27-19(29-20)17(24)25/h3-4,8-9,14,16-17,26H,5-7H2,1-2H3/t9-,14+/m0/s1. The Morgan fingerprint density at radius 2 is 1.84 bits per heavy atom. The highest BCUT2D eigenvalue weighted by atomic mass is 35.5. The molecule has 2 aromatic heterocycles. The Bertz CT molecular complexity index is 1070. The molecule has 11 heteroatoms. The van der Waals surface area contributed by atoms with Crippen LogP contribution >= 0.6 is 11.6 Å². The van der Waals surface area contributed by atoms with E-state index in [-0.39, 0.29) is 12.1 Å². The van der Waals surface area contributed by atoms with Crippen molar-refractivity contribution < 1.29 is 22.3 Å². The molecule has 6 nitrogen and oxygen atoms in total. The van der Waals surface area contributed by atoms with Crippen molar-refractivity contribution >= 4 is 28.5 Å². The van der Waals surface area contributed by atoms with Gasteiger partial charge in [-0.15, -0.1) is 0 Å². The van der Waals surface area contributed by atoms with Crippen molar-refractivity contribution in [2.45, 2.75) is 44.8 Å². The summed E-state index contributed by atoms with van der Waals surface area (Å²) in [6.07, 6.45) is -5.38. The summed E-state index contributed by atoms with van der Waals surface area (Å²) in [6, 6.07) is 5.10. The molecular formula is C20H20ClF4N5O. The largest absolute Gasteiger partial charge is 0.382 e. The van der Waals surface area contributed by atoms with Crippen molar-refractivity contribution in [2.75, 3.05) is 18.6 Å². The Morgan fingerprint density at radius 3 is 2.45 bits per heavy atom. The number of ether oxygens (including phenoxy) is 1. The minimum Gasteiger partial charge on any atom is -0.382 e. The minimum atomic E-state index is -3.09. The molecule has 0 unspecified atom stereocenters. The quantitative estimate of drug-likeness (QED) is 0.501. The van der Waals surface area contributed by atoms with Crippen LogP contribution in [0.5, 0.6) is 0 Å². The lowest BCUT2D eigenvalue weighted by Gasteiger charge is -2.37. The fraction of sp³-hybridized carbons (Fsp3) is 0.450. The van der Waals surface area contributed by atoms with Crippen LogP contribution < -0.4 is 4.90 Å². The lowest BCUT2D eigenvalue weighted by Crippen LogP contribution is -2.38. The number of hydrogen-bond acceptors (Lipinski definition) is 5. The lowest BCUT2D eigenvalue weighted by molar-refractivity contribution is 0.102. The smallest absolute Gasteiger partial charge is 0.297 e. The van der Waals surface area contributed by atoms with E-state index < -0.39 is 30.5 Å². The maximum absolute atomic E-state index is 13.3. The second-order valence-electron chi connectivity index (χ2n) is 7.40. The number of halogens is 5. The van der Waals surface area contributed by atoms with Crippen LogP contribution in [0.25, 0.3) is 10.9 Å². The van der Waals surface area contributed by atoms with Crippen LogP contribution in [0.15, 0.2) is 18.2 Å². The van der Waals surface area contributed by atoms with Crippen LogP contribution in [-0.2, 0) is 11.2 Å². The first kappa shape index (κ1) is 21.8. The first-order valence-electron chi connectivity index (χ1n) is 9.70. The molecule has 0 radical (unpaired) electrons. The van der Waals surface area contributed by atoms with Gasteiger partial charge in [0.15, 0.2) is 0 Å². The maximum atomic E-state index is 13.3. The summed E-state index contributed by atoms with van der Waals surface area (Å²) >= 11 is 6.17. The zero-order valence-corrected chi connectivity index (χ0v) is 17.5. The molecule has 2 atom stereocenters. The average Bonchev–Trinajstić information content (AvgIpc) is 3.11. The van der Waals surface area contributed by atoms with Gasteiger partial charge in [-0.2, -0.15) is 9.97 Å². The summed E-state index contributed by atoms with van der Waals surface area (Å²) in [6.45, 7) is 2.22. The third-order valence-electron chi connectivity index (χ3n) is 5.48. The van der Waals surface area contributed by atoms with E-state index >= 15 is 0 Å². The van der Waals surface area contributed by atoms with E-state index in [0.717, 1.165) is 22.2 Å². The zero-order valence-electron chi connectivity index (χ0n) is 16.7. The molecule has 0 fully saturated rings. The van der Waals surface area contributed by atoms with Gasteiger partial charge in [0.05, 0.1) is 12.1 Å². The number of aromatic nitrogens is 4. The van der Waals surface area contributed by atoms with E-state index in [4.69, 9.17) is 16.3 Å². The predicted molar refractivity (Wildman–Crippen MR) is 108 cm³/mol. The van der Waals surface area contributed by atoms with Gasteiger partial charge >= 0.3 is 0 Å². The predicted octanol–water partition coefficient (Wildman–Crippen LogP) is 5.41. The highest BCUT2D eigenvalue weighted by Crippen LogP contribution is 2.40. The Balaban J connectivity index is 1.84. The van der Waals surface area contributed by atoms with Crippen molar-refractivity contribution in [1.29, 1.82) is 0 Å². The van der Waals surface area contributed by atoms with Crippen molar-refractivity contribution in [3.8, 4) is 0 Å². The average molecular weight is 458 g/mol. The number of anilines is 1. The fourth-order valence-corrected chi connectivity index (χ4v) is 4.13. The van der Waals surface area contributed by atoms with Gasteiger partial charge in [0.25, 0.3) is 12.9 Å². The highest BCUT2D eigenvalue weighted by molar-refractivity contribution is 6.31.